The van der Waals surface area contributed by atoms with E-state index in [9.17, 15) is 14.4 Å². The molecule has 0 atom stereocenters. The van der Waals surface area contributed by atoms with Crippen molar-refractivity contribution >= 4 is 23.4 Å². The molecule has 2 aromatic carbocycles. The predicted octanol–water partition coefficient (Wildman–Crippen LogP) is 1.76. The molecule has 0 saturated carbocycles. The maximum absolute atomic E-state index is 13.8. The summed E-state index contributed by atoms with van der Waals surface area (Å²) in [5.41, 5.74) is 1.42. The lowest BCUT2D eigenvalue weighted by atomic mass is 9.76. The first-order valence-electron chi connectivity index (χ1n) is 6.04. The van der Waals surface area contributed by atoms with Gasteiger partial charge in [-0.15, -0.1) is 6.42 Å². The Morgan fingerprint density at radius 1 is 1.26 bits per heavy atom. The normalized spacial score (nSPS) is 10.8. The fourth-order valence-electron chi connectivity index (χ4n) is 2.24. The molecule has 4 heteroatoms. The van der Waals surface area contributed by atoms with Crippen LogP contribution in [0.5, 0.6) is 0 Å². The van der Waals surface area contributed by atoms with Crippen molar-refractivity contribution in [3.63, 3.8) is 0 Å². The van der Waals surface area contributed by atoms with E-state index in [0.717, 1.165) is 5.56 Å². The van der Waals surface area contributed by atoms with Crippen molar-refractivity contribution < 1.29 is 14.4 Å². The number of rotatable bonds is 2. The number of halogens is 1. The molecule has 0 spiro atoms. The minimum atomic E-state index is -1.55. The molecular weight excluding hydrogens is 242 g/mol. The van der Waals surface area contributed by atoms with Gasteiger partial charge in [-0.1, -0.05) is 38.0 Å². The Balaban J connectivity index is 2.92. The van der Waals surface area contributed by atoms with Crippen LogP contribution in [0.3, 0.4) is 0 Å². The number of hydrogen-bond acceptors (Lipinski definition) is 2. The highest BCUT2D eigenvalue weighted by atomic mass is 19.1. The van der Waals surface area contributed by atoms with E-state index >= 15 is 0 Å². The molecule has 0 unspecified atom stereocenters. The van der Waals surface area contributed by atoms with Crippen LogP contribution in [0.25, 0.3) is 10.8 Å². The summed E-state index contributed by atoms with van der Waals surface area (Å²) in [5.74, 6) is 2.04. The number of benzene rings is 2. The van der Waals surface area contributed by atoms with E-state index in [0.29, 0.717) is 16.2 Å². The van der Waals surface area contributed by atoms with Gasteiger partial charge in [0.05, 0.1) is 5.56 Å². The summed E-state index contributed by atoms with van der Waals surface area (Å²) >= 11 is 0. The average molecular weight is 256 g/mol. The van der Waals surface area contributed by atoms with Crippen molar-refractivity contribution in [3.8, 4) is 12.3 Å². The number of terminal acetylenes is 1. The van der Waals surface area contributed by atoms with Crippen molar-refractivity contribution in [1.29, 1.82) is 0 Å². The molecule has 0 aliphatic rings. The quantitative estimate of drug-likeness (QED) is 0.635. The van der Waals surface area contributed by atoms with E-state index in [1.165, 1.54) is 6.07 Å². The lowest BCUT2D eigenvalue weighted by Crippen LogP contribution is -2.30. The van der Waals surface area contributed by atoms with Gasteiger partial charge in [0.2, 0.25) is 0 Å². The van der Waals surface area contributed by atoms with Crippen molar-refractivity contribution in [2.45, 2.75) is 19.8 Å². The Labute approximate surface area is 112 Å². The molecule has 0 aliphatic heterocycles. The molecule has 0 radical (unpaired) electrons. The van der Waals surface area contributed by atoms with Crippen LogP contribution in [-0.2, 0) is 0 Å². The van der Waals surface area contributed by atoms with Crippen LogP contribution in [0, 0.1) is 18.2 Å². The van der Waals surface area contributed by atoms with Gasteiger partial charge in [0, 0.05) is 5.39 Å². The molecular formula is C15H14BFO2. The van der Waals surface area contributed by atoms with Gasteiger partial charge in [-0.25, -0.2) is 4.39 Å². The molecule has 2 N–H and O–H groups in total. The lowest BCUT2D eigenvalue weighted by molar-refractivity contribution is 0.426. The summed E-state index contributed by atoms with van der Waals surface area (Å²) in [7, 11) is -1.55. The highest BCUT2D eigenvalue weighted by Gasteiger charge is 2.18. The number of hydrogen-bond donors (Lipinski definition) is 2. The average Bonchev–Trinajstić information content (AvgIpc) is 2.37. The fourth-order valence-corrected chi connectivity index (χ4v) is 2.24. The third-order valence-electron chi connectivity index (χ3n) is 3.18. The fraction of sp³-hybridized carbons (Fsp3) is 0.200. The van der Waals surface area contributed by atoms with Gasteiger partial charge in [0.25, 0.3) is 0 Å². The van der Waals surface area contributed by atoms with E-state index in [1.54, 1.807) is 18.2 Å². The minimum absolute atomic E-state index is 0.0927. The van der Waals surface area contributed by atoms with E-state index in [-0.39, 0.29) is 11.5 Å². The molecule has 0 heterocycles. The summed E-state index contributed by atoms with van der Waals surface area (Å²) in [5, 5.41) is 20.0. The van der Waals surface area contributed by atoms with Gasteiger partial charge in [-0.05, 0) is 28.4 Å². The zero-order valence-electron chi connectivity index (χ0n) is 10.8. The molecule has 0 saturated heterocycles. The third kappa shape index (κ3) is 2.35. The highest BCUT2D eigenvalue weighted by molar-refractivity contribution is 6.59. The Morgan fingerprint density at radius 3 is 2.47 bits per heavy atom. The largest absolute Gasteiger partial charge is 0.488 e. The Kier molecular flexibility index (Phi) is 3.61. The molecule has 96 valence electrons. The van der Waals surface area contributed by atoms with Crippen LogP contribution < -0.4 is 5.46 Å². The van der Waals surface area contributed by atoms with Gasteiger partial charge < -0.3 is 10.0 Å². The maximum Gasteiger partial charge on any atom is 0.488 e. The maximum atomic E-state index is 13.8. The first-order valence-corrected chi connectivity index (χ1v) is 6.04. The van der Waals surface area contributed by atoms with Crippen LogP contribution in [0.15, 0.2) is 24.3 Å². The zero-order valence-corrected chi connectivity index (χ0v) is 10.8. The zero-order chi connectivity index (χ0) is 14.2. The molecule has 2 aromatic rings. The molecule has 0 aromatic heterocycles. The summed E-state index contributed by atoms with van der Waals surface area (Å²) in [6, 6.07) is 6.18. The summed E-state index contributed by atoms with van der Waals surface area (Å²) in [6.45, 7) is 3.90. The lowest BCUT2D eigenvalue weighted by Gasteiger charge is -2.15. The predicted molar refractivity (Wildman–Crippen MR) is 75.8 cm³/mol. The number of fused-ring (bicyclic) bond motifs is 1. The third-order valence-corrected chi connectivity index (χ3v) is 3.18. The molecule has 2 nitrogen and oxygen atoms in total. The second kappa shape index (κ2) is 5.04. The van der Waals surface area contributed by atoms with Gasteiger partial charge in [-0.2, -0.15) is 0 Å². The van der Waals surface area contributed by atoms with E-state index in [2.05, 4.69) is 5.92 Å². The van der Waals surface area contributed by atoms with E-state index in [4.69, 9.17) is 6.42 Å². The Morgan fingerprint density at radius 2 is 1.95 bits per heavy atom. The molecule has 0 aliphatic carbocycles. The first-order chi connectivity index (χ1) is 8.95. The smallest absolute Gasteiger partial charge is 0.423 e. The van der Waals surface area contributed by atoms with Gasteiger partial charge in [0.15, 0.2) is 0 Å². The van der Waals surface area contributed by atoms with Gasteiger partial charge >= 0.3 is 7.12 Å². The first kappa shape index (κ1) is 13.6. The van der Waals surface area contributed by atoms with Crippen molar-refractivity contribution in [2.24, 2.45) is 0 Å². The van der Waals surface area contributed by atoms with Crippen molar-refractivity contribution in [2.75, 3.05) is 0 Å². The van der Waals surface area contributed by atoms with E-state index in [1.807, 2.05) is 13.8 Å². The topological polar surface area (TPSA) is 40.5 Å². The minimum Gasteiger partial charge on any atom is -0.423 e. The molecule has 19 heavy (non-hydrogen) atoms. The molecule has 0 fully saturated rings. The summed E-state index contributed by atoms with van der Waals surface area (Å²) in [4.78, 5) is 0. The monoisotopic (exact) mass is 256 g/mol. The second-order valence-corrected chi connectivity index (χ2v) is 4.80. The van der Waals surface area contributed by atoms with Gasteiger partial charge in [-0.3, -0.25) is 0 Å². The second-order valence-electron chi connectivity index (χ2n) is 4.80. The Bertz CT molecular complexity index is 672. The summed E-state index contributed by atoms with van der Waals surface area (Å²) < 4.78 is 13.8. The van der Waals surface area contributed by atoms with Crippen LogP contribution in [0.4, 0.5) is 4.39 Å². The van der Waals surface area contributed by atoms with Crippen molar-refractivity contribution in [3.05, 3.63) is 41.2 Å². The molecule has 0 bridgehead atoms. The van der Waals surface area contributed by atoms with Crippen LogP contribution in [0.2, 0.25) is 0 Å². The SMILES string of the molecule is C#Cc1c(F)ccc2cc(B(O)O)cc(C(C)C)c12. The molecule has 2 rings (SSSR count). The molecule has 0 amide bonds. The van der Waals surface area contributed by atoms with Crippen LogP contribution >= 0.6 is 0 Å². The van der Waals surface area contributed by atoms with E-state index < -0.39 is 12.9 Å². The Hall–Kier alpha value is -1.83. The van der Waals surface area contributed by atoms with Crippen molar-refractivity contribution in [1.82, 2.24) is 0 Å². The highest BCUT2D eigenvalue weighted by Crippen LogP contribution is 2.29. The summed E-state index contributed by atoms with van der Waals surface area (Å²) in [6.07, 6.45) is 5.39. The van der Waals surface area contributed by atoms with Gasteiger partial charge in [0.1, 0.15) is 5.82 Å². The standard InChI is InChI=1S/C15H14BFO2/c1-4-12-14(17)6-5-10-7-11(16(18)19)8-13(9(2)3)15(10)12/h1,5-9,18-19H,2-3H3. The van der Waals surface area contributed by atoms with Crippen LogP contribution in [0.1, 0.15) is 30.9 Å². The van der Waals surface area contributed by atoms with Crippen LogP contribution in [-0.4, -0.2) is 17.2 Å².